The lowest BCUT2D eigenvalue weighted by molar-refractivity contribution is 0.191. The van der Waals surface area contributed by atoms with Gasteiger partial charge in [-0.15, -0.1) is 0 Å². The maximum Gasteiger partial charge on any atom is 0.0498 e. The molecule has 2 aromatic rings. The Balaban J connectivity index is 2.24. The summed E-state index contributed by atoms with van der Waals surface area (Å²) in [5.74, 6) is 0. The number of ether oxygens (including phenoxy) is 1. The molecule has 0 radical (unpaired) electrons. The second-order valence-corrected chi connectivity index (χ2v) is 6.02. The minimum atomic E-state index is 0.216. The number of rotatable bonds is 8. The number of nitrogens with two attached hydrogens (primary N) is 1. The quantitative estimate of drug-likeness (QED) is 0.749. The standard InChI is InChI=1S/C17H25ClN2O/c1-3-15(19)10-13-12-20(8-4-5-9-21-2)17-11-14(18)6-7-16(13)17/h6-7,11-12,15H,3-5,8-10,19H2,1-2H3. The number of hydrogen-bond acceptors (Lipinski definition) is 2. The van der Waals surface area contributed by atoms with Crippen molar-refractivity contribution in [3.8, 4) is 0 Å². The van der Waals surface area contributed by atoms with Crippen LogP contribution in [0, 0.1) is 0 Å². The minimum absolute atomic E-state index is 0.216. The summed E-state index contributed by atoms with van der Waals surface area (Å²) in [6.07, 6.45) is 6.32. The molecule has 4 heteroatoms. The summed E-state index contributed by atoms with van der Waals surface area (Å²) in [7, 11) is 1.75. The third-order valence-electron chi connectivity index (χ3n) is 3.93. The molecule has 0 spiro atoms. The van der Waals surface area contributed by atoms with E-state index in [1.807, 2.05) is 12.1 Å². The molecule has 0 saturated carbocycles. The van der Waals surface area contributed by atoms with Crippen LogP contribution in [0.2, 0.25) is 5.02 Å². The molecule has 0 bridgehead atoms. The van der Waals surface area contributed by atoms with Crippen LogP contribution in [0.25, 0.3) is 10.9 Å². The molecule has 1 atom stereocenters. The van der Waals surface area contributed by atoms with Crippen molar-refractivity contribution in [2.75, 3.05) is 13.7 Å². The Hall–Kier alpha value is -1.03. The summed E-state index contributed by atoms with van der Waals surface area (Å²) in [4.78, 5) is 0. The molecule has 116 valence electrons. The molecule has 0 fully saturated rings. The van der Waals surface area contributed by atoms with Crippen molar-refractivity contribution >= 4 is 22.5 Å². The molecule has 1 unspecified atom stereocenters. The van der Waals surface area contributed by atoms with Crippen molar-refractivity contribution in [3.63, 3.8) is 0 Å². The van der Waals surface area contributed by atoms with Crippen LogP contribution >= 0.6 is 11.6 Å². The van der Waals surface area contributed by atoms with E-state index in [-0.39, 0.29) is 6.04 Å². The third-order valence-corrected chi connectivity index (χ3v) is 4.17. The lowest BCUT2D eigenvalue weighted by atomic mass is 10.0. The highest BCUT2D eigenvalue weighted by Crippen LogP contribution is 2.26. The Labute approximate surface area is 132 Å². The van der Waals surface area contributed by atoms with Crippen molar-refractivity contribution in [3.05, 3.63) is 35.0 Å². The highest BCUT2D eigenvalue weighted by molar-refractivity contribution is 6.31. The van der Waals surface area contributed by atoms with Crippen molar-refractivity contribution in [1.29, 1.82) is 0 Å². The van der Waals surface area contributed by atoms with Gasteiger partial charge in [0, 0.05) is 48.4 Å². The number of hydrogen-bond donors (Lipinski definition) is 1. The SMILES string of the molecule is CCC(N)Cc1cn(CCCCOC)c2cc(Cl)ccc12. The summed E-state index contributed by atoms with van der Waals surface area (Å²) in [6, 6.07) is 6.34. The van der Waals surface area contributed by atoms with Gasteiger partial charge in [-0.25, -0.2) is 0 Å². The highest BCUT2D eigenvalue weighted by atomic mass is 35.5. The zero-order valence-electron chi connectivity index (χ0n) is 12.9. The predicted molar refractivity (Wildman–Crippen MR) is 90.0 cm³/mol. The minimum Gasteiger partial charge on any atom is -0.385 e. The second-order valence-electron chi connectivity index (χ2n) is 5.58. The fourth-order valence-electron chi connectivity index (χ4n) is 2.64. The van der Waals surface area contributed by atoms with Crippen LogP contribution < -0.4 is 5.73 Å². The average Bonchev–Trinajstić information content (AvgIpc) is 2.80. The molecule has 0 saturated heterocycles. The molecule has 0 aliphatic carbocycles. The van der Waals surface area contributed by atoms with Gasteiger partial charge >= 0.3 is 0 Å². The Morgan fingerprint density at radius 3 is 2.86 bits per heavy atom. The summed E-state index contributed by atoms with van der Waals surface area (Å²) in [6.45, 7) is 3.93. The molecule has 1 aromatic carbocycles. The third kappa shape index (κ3) is 4.22. The molecule has 0 aliphatic heterocycles. The van der Waals surface area contributed by atoms with Gasteiger partial charge in [0.25, 0.3) is 0 Å². The van der Waals surface area contributed by atoms with E-state index in [9.17, 15) is 0 Å². The van der Waals surface area contributed by atoms with Gasteiger partial charge in [0.2, 0.25) is 0 Å². The Morgan fingerprint density at radius 2 is 2.14 bits per heavy atom. The first kappa shape index (κ1) is 16.3. The zero-order chi connectivity index (χ0) is 15.2. The topological polar surface area (TPSA) is 40.2 Å². The van der Waals surface area contributed by atoms with Gasteiger partial charge in [0.15, 0.2) is 0 Å². The van der Waals surface area contributed by atoms with Crippen molar-refractivity contribution in [1.82, 2.24) is 4.57 Å². The zero-order valence-corrected chi connectivity index (χ0v) is 13.7. The highest BCUT2D eigenvalue weighted by Gasteiger charge is 2.11. The first-order valence-electron chi connectivity index (χ1n) is 7.67. The first-order valence-corrected chi connectivity index (χ1v) is 8.05. The largest absolute Gasteiger partial charge is 0.385 e. The molecule has 2 rings (SSSR count). The van der Waals surface area contributed by atoms with Crippen LogP contribution in [-0.2, 0) is 17.7 Å². The number of aryl methyl sites for hydroxylation is 1. The molecular formula is C17H25ClN2O. The molecule has 0 amide bonds. The molecule has 21 heavy (non-hydrogen) atoms. The van der Waals surface area contributed by atoms with Gasteiger partial charge in [-0.3, -0.25) is 0 Å². The molecular weight excluding hydrogens is 284 g/mol. The fourth-order valence-corrected chi connectivity index (χ4v) is 2.81. The van der Waals surface area contributed by atoms with E-state index in [1.165, 1.54) is 16.5 Å². The number of fused-ring (bicyclic) bond motifs is 1. The predicted octanol–water partition coefficient (Wildman–Crippen LogP) is 4.00. The van der Waals surface area contributed by atoms with Crippen LogP contribution in [0.1, 0.15) is 31.7 Å². The number of halogens is 1. The van der Waals surface area contributed by atoms with E-state index in [0.717, 1.165) is 43.9 Å². The van der Waals surface area contributed by atoms with Gasteiger partial charge in [-0.2, -0.15) is 0 Å². The van der Waals surface area contributed by atoms with E-state index >= 15 is 0 Å². The fraction of sp³-hybridized carbons (Fsp3) is 0.529. The summed E-state index contributed by atoms with van der Waals surface area (Å²) in [5.41, 5.74) is 8.65. The van der Waals surface area contributed by atoms with Crippen molar-refractivity contribution in [2.45, 2.75) is 45.2 Å². The Kier molecular flexibility index (Phi) is 6.09. The van der Waals surface area contributed by atoms with Crippen LogP contribution in [0.4, 0.5) is 0 Å². The number of nitrogens with zero attached hydrogens (tertiary/aromatic N) is 1. The summed E-state index contributed by atoms with van der Waals surface area (Å²) in [5, 5.41) is 2.06. The van der Waals surface area contributed by atoms with E-state index in [1.54, 1.807) is 7.11 Å². The number of aromatic nitrogens is 1. The van der Waals surface area contributed by atoms with Gasteiger partial charge in [0.1, 0.15) is 0 Å². The van der Waals surface area contributed by atoms with Crippen LogP contribution in [0.15, 0.2) is 24.4 Å². The summed E-state index contributed by atoms with van der Waals surface area (Å²) >= 11 is 6.16. The van der Waals surface area contributed by atoms with Gasteiger partial charge in [-0.05, 0) is 43.4 Å². The van der Waals surface area contributed by atoms with E-state index < -0.39 is 0 Å². The molecule has 1 aromatic heterocycles. The van der Waals surface area contributed by atoms with Gasteiger partial charge < -0.3 is 15.0 Å². The van der Waals surface area contributed by atoms with Crippen LogP contribution in [0.5, 0.6) is 0 Å². The molecule has 0 aliphatic rings. The molecule has 3 nitrogen and oxygen atoms in total. The number of unbranched alkanes of at least 4 members (excludes halogenated alkanes) is 1. The van der Waals surface area contributed by atoms with Gasteiger partial charge in [0.05, 0.1) is 0 Å². The monoisotopic (exact) mass is 308 g/mol. The summed E-state index contributed by atoms with van der Waals surface area (Å²) < 4.78 is 7.41. The Bertz CT molecular complexity index is 579. The smallest absolute Gasteiger partial charge is 0.0498 e. The van der Waals surface area contributed by atoms with Crippen molar-refractivity contribution in [2.24, 2.45) is 5.73 Å². The van der Waals surface area contributed by atoms with E-state index in [0.29, 0.717) is 0 Å². The molecule has 2 N–H and O–H groups in total. The maximum absolute atomic E-state index is 6.16. The van der Waals surface area contributed by atoms with Crippen molar-refractivity contribution < 1.29 is 4.74 Å². The van der Waals surface area contributed by atoms with Crippen LogP contribution in [-0.4, -0.2) is 24.3 Å². The van der Waals surface area contributed by atoms with E-state index in [2.05, 4.69) is 23.8 Å². The normalized spacial score (nSPS) is 13.0. The first-order chi connectivity index (χ1) is 10.2. The average molecular weight is 309 g/mol. The van der Waals surface area contributed by atoms with Gasteiger partial charge in [-0.1, -0.05) is 24.6 Å². The second kappa shape index (κ2) is 7.83. The lowest BCUT2D eigenvalue weighted by Gasteiger charge is -2.06. The Morgan fingerprint density at radius 1 is 1.33 bits per heavy atom. The maximum atomic E-state index is 6.16. The molecule has 1 heterocycles. The van der Waals surface area contributed by atoms with E-state index in [4.69, 9.17) is 22.1 Å². The van der Waals surface area contributed by atoms with Crippen LogP contribution in [0.3, 0.4) is 0 Å². The number of methoxy groups -OCH3 is 1. The lowest BCUT2D eigenvalue weighted by Crippen LogP contribution is -2.21. The number of benzene rings is 1.